The van der Waals surface area contributed by atoms with Gasteiger partial charge in [-0.15, -0.1) is 11.8 Å². The molecule has 2 aromatic rings. The van der Waals surface area contributed by atoms with Gasteiger partial charge in [0.05, 0.1) is 5.25 Å². The standard InChI is InChI=1S/C22H25FN2O2S/c1-16-8-9-19(14-20(16)23)22(27)25-12-10-24(11-13-25)21(26)17(2)28-15-18-6-4-3-5-7-18/h3-9,14,17H,10-13,15H2,1-2H3. The number of amides is 2. The average Bonchev–Trinajstić information content (AvgIpc) is 2.73. The molecule has 4 nitrogen and oxygen atoms in total. The first-order valence-electron chi connectivity index (χ1n) is 9.45. The van der Waals surface area contributed by atoms with E-state index in [9.17, 15) is 14.0 Å². The average molecular weight is 401 g/mol. The summed E-state index contributed by atoms with van der Waals surface area (Å²) in [5.74, 6) is 0.349. The van der Waals surface area contributed by atoms with Gasteiger partial charge in [-0.3, -0.25) is 9.59 Å². The molecule has 28 heavy (non-hydrogen) atoms. The van der Waals surface area contributed by atoms with Crippen molar-refractivity contribution in [2.75, 3.05) is 26.2 Å². The molecule has 0 spiro atoms. The van der Waals surface area contributed by atoms with Crippen molar-refractivity contribution in [3.63, 3.8) is 0 Å². The molecule has 0 saturated carbocycles. The zero-order valence-corrected chi connectivity index (χ0v) is 17.0. The van der Waals surface area contributed by atoms with Crippen LogP contribution in [0.15, 0.2) is 48.5 Å². The number of thioether (sulfide) groups is 1. The van der Waals surface area contributed by atoms with Gasteiger partial charge in [0.1, 0.15) is 5.82 Å². The van der Waals surface area contributed by atoms with Crippen molar-refractivity contribution in [2.24, 2.45) is 0 Å². The molecule has 0 aliphatic carbocycles. The third kappa shape index (κ3) is 4.93. The van der Waals surface area contributed by atoms with Gasteiger partial charge in [0.25, 0.3) is 5.91 Å². The van der Waals surface area contributed by atoms with Crippen LogP contribution in [0.1, 0.15) is 28.4 Å². The summed E-state index contributed by atoms with van der Waals surface area (Å²) in [4.78, 5) is 28.8. The van der Waals surface area contributed by atoms with Crippen LogP contribution in [0.5, 0.6) is 0 Å². The zero-order chi connectivity index (χ0) is 20.1. The molecule has 0 bridgehead atoms. The van der Waals surface area contributed by atoms with Gasteiger partial charge in [0.15, 0.2) is 0 Å². The molecule has 6 heteroatoms. The minimum atomic E-state index is -0.371. The molecular formula is C22H25FN2O2S. The van der Waals surface area contributed by atoms with Gasteiger partial charge < -0.3 is 9.80 Å². The Morgan fingerprint density at radius 1 is 1.04 bits per heavy atom. The van der Waals surface area contributed by atoms with E-state index in [4.69, 9.17) is 0 Å². The van der Waals surface area contributed by atoms with E-state index >= 15 is 0 Å². The zero-order valence-electron chi connectivity index (χ0n) is 16.2. The lowest BCUT2D eigenvalue weighted by Gasteiger charge is -2.36. The highest BCUT2D eigenvalue weighted by Crippen LogP contribution is 2.20. The Kier molecular flexibility index (Phi) is 6.73. The predicted molar refractivity (Wildman–Crippen MR) is 111 cm³/mol. The fraction of sp³-hybridized carbons (Fsp3) is 0.364. The second-order valence-corrected chi connectivity index (χ2v) is 8.35. The van der Waals surface area contributed by atoms with Crippen LogP contribution in [0, 0.1) is 12.7 Å². The summed E-state index contributed by atoms with van der Waals surface area (Å²) in [7, 11) is 0. The number of aryl methyl sites for hydroxylation is 1. The monoisotopic (exact) mass is 400 g/mol. The van der Waals surface area contributed by atoms with Crippen LogP contribution in [0.2, 0.25) is 0 Å². The molecule has 148 valence electrons. The van der Waals surface area contributed by atoms with Crippen LogP contribution in [0.25, 0.3) is 0 Å². The minimum absolute atomic E-state index is 0.106. The molecule has 2 aromatic carbocycles. The van der Waals surface area contributed by atoms with Crippen LogP contribution in [0.3, 0.4) is 0 Å². The molecule has 1 atom stereocenters. The van der Waals surface area contributed by atoms with Crippen molar-refractivity contribution in [1.82, 2.24) is 9.80 Å². The molecule has 1 unspecified atom stereocenters. The first-order valence-corrected chi connectivity index (χ1v) is 10.5. The topological polar surface area (TPSA) is 40.6 Å². The molecule has 2 amide bonds. The number of halogens is 1. The Labute approximate surface area is 169 Å². The van der Waals surface area contributed by atoms with E-state index in [2.05, 4.69) is 12.1 Å². The van der Waals surface area contributed by atoms with E-state index in [1.807, 2.05) is 30.0 Å². The highest BCUT2D eigenvalue weighted by atomic mass is 32.2. The maximum Gasteiger partial charge on any atom is 0.254 e. The van der Waals surface area contributed by atoms with E-state index in [0.717, 1.165) is 5.75 Å². The van der Waals surface area contributed by atoms with E-state index in [0.29, 0.717) is 37.3 Å². The Hall–Kier alpha value is -2.34. The molecule has 0 aromatic heterocycles. The summed E-state index contributed by atoms with van der Waals surface area (Å²) in [6.45, 7) is 5.56. The minimum Gasteiger partial charge on any atom is -0.338 e. The van der Waals surface area contributed by atoms with E-state index in [-0.39, 0.29) is 22.9 Å². The number of hydrogen-bond acceptors (Lipinski definition) is 3. The van der Waals surface area contributed by atoms with Gasteiger partial charge in [-0.1, -0.05) is 36.4 Å². The fourth-order valence-corrected chi connectivity index (χ4v) is 4.09. The Morgan fingerprint density at radius 2 is 1.68 bits per heavy atom. The van der Waals surface area contributed by atoms with E-state index < -0.39 is 0 Å². The van der Waals surface area contributed by atoms with Crippen LogP contribution >= 0.6 is 11.8 Å². The normalized spacial score (nSPS) is 15.4. The van der Waals surface area contributed by atoms with Crippen molar-refractivity contribution >= 4 is 23.6 Å². The van der Waals surface area contributed by atoms with Gasteiger partial charge >= 0.3 is 0 Å². The summed E-state index contributed by atoms with van der Waals surface area (Å²) in [6, 6.07) is 14.7. The second-order valence-electron chi connectivity index (χ2n) is 7.02. The number of carbonyl (C=O) groups is 2. The Morgan fingerprint density at radius 3 is 2.32 bits per heavy atom. The highest BCUT2D eigenvalue weighted by Gasteiger charge is 2.27. The Balaban J connectivity index is 1.50. The third-order valence-electron chi connectivity index (χ3n) is 4.99. The number of benzene rings is 2. The van der Waals surface area contributed by atoms with Crippen molar-refractivity contribution in [2.45, 2.75) is 24.9 Å². The van der Waals surface area contributed by atoms with Crippen molar-refractivity contribution in [3.8, 4) is 0 Å². The number of rotatable bonds is 5. The fourth-order valence-electron chi connectivity index (χ4n) is 3.16. The number of hydrogen-bond donors (Lipinski definition) is 0. The molecule has 0 radical (unpaired) electrons. The lowest BCUT2D eigenvalue weighted by molar-refractivity contribution is -0.131. The van der Waals surface area contributed by atoms with Crippen LogP contribution in [-0.2, 0) is 10.5 Å². The highest BCUT2D eigenvalue weighted by molar-refractivity contribution is 7.99. The number of carbonyl (C=O) groups excluding carboxylic acids is 2. The maximum atomic E-state index is 13.7. The Bertz CT molecular complexity index is 836. The lowest BCUT2D eigenvalue weighted by Crippen LogP contribution is -2.52. The van der Waals surface area contributed by atoms with Gasteiger partial charge in [0.2, 0.25) is 5.91 Å². The molecule has 1 aliphatic heterocycles. The molecule has 1 heterocycles. The quantitative estimate of drug-likeness (QED) is 0.768. The summed E-state index contributed by atoms with van der Waals surface area (Å²) in [5.41, 5.74) is 2.08. The smallest absolute Gasteiger partial charge is 0.254 e. The van der Waals surface area contributed by atoms with Crippen LogP contribution in [0.4, 0.5) is 4.39 Å². The molecular weight excluding hydrogens is 375 g/mol. The molecule has 1 aliphatic rings. The van der Waals surface area contributed by atoms with Crippen molar-refractivity contribution in [3.05, 3.63) is 71.0 Å². The van der Waals surface area contributed by atoms with Crippen molar-refractivity contribution < 1.29 is 14.0 Å². The largest absolute Gasteiger partial charge is 0.338 e. The van der Waals surface area contributed by atoms with Crippen LogP contribution in [-0.4, -0.2) is 53.0 Å². The van der Waals surface area contributed by atoms with E-state index in [1.165, 1.54) is 11.6 Å². The summed E-state index contributed by atoms with van der Waals surface area (Å²) in [6.07, 6.45) is 0. The number of nitrogens with zero attached hydrogens (tertiary/aromatic N) is 2. The SMILES string of the molecule is Cc1ccc(C(=O)N2CCN(C(=O)C(C)SCc3ccccc3)CC2)cc1F. The molecule has 3 rings (SSSR count). The lowest BCUT2D eigenvalue weighted by atomic mass is 10.1. The summed E-state index contributed by atoms with van der Waals surface area (Å²) in [5, 5.41) is -0.131. The van der Waals surface area contributed by atoms with Gasteiger partial charge in [-0.05, 0) is 37.1 Å². The second kappa shape index (κ2) is 9.24. The van der Waals surface area contributed by atoms with Gasteiger partial charge in [-0.25, -0.2) is 4.39 Å². The molecule has 1 saturated heterocycles. The van der Waals surface area contributed by atoms with Crippen molar-refractivity contribution in [1.29, 1.82) is 0 Å². The maximum absolute atomic E-state index is 13.7. The third-order valence-corrected chi connectivity index (χ3v) is 6.19. The summed E-state index contributed by atoms with van der Waals surface area (Å²) < 4.78 is 13.7. The van der Waals surface area contributed by atoms with E-state index in [1.54, 1.807) is 35.7 Å². The van der Waals surface area contributed by atoms with Gasteiger partial charge in [-0.2, -0.15) is 0 Å². The molecule has 1 fully saturated rings. The predicted octanol–water partition coefficient (Wildman–Crippen LogP) is 3.74. The van der Waals surface area contributed by atoms with Crippen LogP contribution < -0.4 is 0 Å². The summed E-state index contributed by atoms with van der Waals surface area (Å²) >= 11 is 1.62. The van der Waals surface area contributed by atoms with Gasteiger partial charge in [0, 0.05) is 37.5 Å². The number of piperazine rings is 1. The first-order chi connectivity index (χ1) is 13.5. The molecule has 0 N–H and O–H groups in total. The first kappa shape index (κ1) is 20.4.